The molecule has 4 N–H and O–H groups in total. The first-order valence-corrected chi connectivity index (χ1v) is 10.2. The number of halogens is 4. The van der Waals surface area contributed by atoms with Crippen molar-refractivity contribution in [3.05, 3.63) is 57.3 Å². The number of aromatic amines is 1. The van der Waals surface area contributed by atoms with Gasteiger partial charge in [-0.15, -0.1) is 0 Å². The van der Waals surface area contributed by atoms with Crippen LogP contribution in [0.4, 0.5) is 14.6 Å². The van der Waals surface area contributed by atoms with Crippen LogP contribution in [0.25, 0.3) is 10.9 Å². The largest absolute Gasteiger partial charge is 0.369 e. The van der Waals surface area contributed by atoms with Crippen molar-refractivity contribution in [3.8, 4) is 0 Å². The number of fused-ring (bicyclic) bond motifs is 3. The van der Waals surface area contributed by atoms with E-state index in [4.69, 9.17) is 28.9 Å². The number of H-pyrrole nitrogens is 1. The molecular weight excluding hydrogens is 419 g/mol. The molecule has 0 bridgehead atoms. The third kappa shape index (κ3) is 4.05. The zero-order chi connectivity index (χ0) is 20.5. The van der Waals surface area contributed by atoms with Crippen molar-refractivity contribution in [2.24, 2.45) is 5.73 Å². The number of rotatable bonds is 6. The number of nitrogens with zero attached hydrogens (tertiary/aromatic N) is 2. The monoisotopic (exact) mass is 439 g/mol. The second-order valence-electron chi connectivity index (χ2n) is 7.04. The Morgan fingerprint density at radius 1 is 1.28 bits per heavy atom. The standard InChI is InChI=1S/C20H21Cl2F2N5/c21-11-1-3-15-13(9-11)12-5-7-29(16(10-25)18(12)27-15)8-6-26-17-4-2-14(22)19(28-17)20(23)24/h1-4,9,16,20,27H,5-8,10,25H2,(H,26,28). The molecule has 3 heterocycles. The van der Waals surface area contributed by atoms with Crippen molar-refractivity contribution in [3.63, 3.8) is 0 Å². The van der Waals surface area contributed by atoms with E-state index in [1.807, 2.05) is 18.2 Å². The minimum atomic E-state index is -2.71. The number of alkyl halides is 2. The number of nitrogens with two attached hydrogens (primary N) is 1. The van der Waals surface area contributed by atoms with Crippen molar-refractivity contribution >= 4 is 39.9 Å². The Hall–Kier alpha value is -1.93. The summed E-state index contributed by atoms with van der Waals surface area (Å²) >= 11 is 11.9. The van der Waals surface area contributed by atoms with Crippen LogP contribution in [-0.2, 0) is 6.42 Å². The summed E-state index contributed by atoms with van der Waals surface area (Å²) in [5, 5.41) is 4.94. The molecule has 1 atom stereocenters. The number of pyridine rings is 1. The van der Waals surface area contributed by atoms with E-state index >= 15 is 0 Å². The molecule has 1 unspecified atom stereocenters. The van der Waals surface area contributed by atoms with Gasteiger partial charge < -0.3 is 16.0 Å². The summed E-state index contributed by atoms with van der Waals surface area (Å²) in [6.45, 7) is 2.58. The lowest BCUT2D eigenvalue weighted by molar-refractivity contribution is 0.146. The molecule has 5 nitrogen and oxygen atoms in total. The summed E-state index contributed by atoms with van der Waals surface area (Å²) in [5.41, 5.74) is 9.14. The maximum absolute atomic E-state index is 13.0. The van der Waals surface area contributed by atoms with E-state index in [0.29, 0.717) is 30.5 Å². The van der Waals surface area contributed by atoms with E-state index in [1.165, 1.54) is 11.6 Å². The van der Waals surface area contributed by atoms with Crippen molar-refractivity contribution in [2.75, 3.05) is 31.5 Å². The molecule has 1 aliphatic rings. The number of anilines is 1. The van der Waals surface area contributed by atoms with E-state index in [1.54, 1.807) is 6.07 Å². The Balaban J connectivity index is 1.46. The maximum atomic E-state index is 13.0. The van der Waals surface area contributed by atoms with Crippen molar-refractivity contribution in [2.45, 2.75) is 18.9 Å². The normalized spacial score (nSPS) is 17.1. The highest BCUT2D eigenvalue weighted by molar-refractivity contribution is 6.31. The summed E-state index contributed by atoms with van der Waals surface area (Å²) in [5.74, 6) is 0.381. The molecule has 0 amide bonds. The highest BCUT2D eigenvalue weighted by Gasteiger charge is 2.29. The molecule has 2 aromatic heterocycles. The summed E-state index contributed by atoms with van der Waals surface area (Å²) < 4.78 is 25.9. The molecule has 154 valence electrons. The maximum Gasteiger partial charge on any atom is 0.281 e. The van der Waals surface area contributed by atoms with Gasteiger partial charge in [0.15, 0.2) is 0 Å². The fourth-order valence-electron chi connectivity index (χ4n) is 3.96. The van der Waals surface area contributed by atoms with E-state index in [2.05, 4.69) is 20.2 Å². The highest BCUT2D eigenvalue weighted by Crippen LogP contribution is 2.35. The van der Waals surface area contributed by atoms with Gasteiger partial charge in [-0.25, -0.2) is 13.8 Å². The van der Waals surface area contributed by atoms with E-state index < -0.39 is 12.1 Å². The average molecular weight is 440 g/mol. The van der Waals surface area contributed by atoms with Crippen LogP contribution < -0.4 is 11.1 Å². The topological polar surface area (TPSA) is 70.0 Å². The Morgan fingerprint density at radius 3 is 2.86 bits per heavy atom. The third-order valence-corrected chi connectivity index (χ3v) is 5.89. The highest BCUT2D eigenvalue weighted by atomic mass is 35.5. The van der Waals surface area contributed by atoms with Gasteiger partial charge in [0.05, 0.1) is 11.1 Å². The second-order valence-corrected chi connectivity index (χ2v) is 7.88. The molecule has 3 aromatic rings. The first kappa shape index (κ1) is 20.3. The van der Waals surface area contributed by atoms with Gasteiger partial charge >= 0.3 is 0 Å². The molecule has 0 spiro atoms. The first-order valence-electron chi connectivity index (χ1n) is 9.40. The lowest BCUT2D eigenvalue weighted by Crippen LogP contribution is -2.41. The summed E-state index contributed by atoms with van der Waals surface area (Å²) in [6.07, 6.45) is -1.82. The second kappa shape index (κ2) is 8.44. The zero-order valence-electron chi connectivity index (χ0n) is 15.6. The van der Waals surface area contributed by atoms with Crippen LogP contribution in [0.3, 0.4) is 0 Å². The lowest BCUT2D eigenvalue weighted by atomic mass is 9.97. The molecule has 0 radical (unpaired) electrons. The number of aromatic nitrogens is 2. The van der Waals surface area contributed by atoms with Crippen LogP contribution in [0.1, 0.15) is 29.4 Å². The zero-order valence-corrected chi connectivity index (χ0v) is 17.1. The molecule has 0 saturated carbocycles. The summed E-state index contributed by atoms with van der Waals surface area (Å²) in [4.78, 5) is 9.70. The number of nitrogens with one attached hydrogen (secondary N) is 2. The summed E-state index contributed by atoms with van der Waals surface area (Å²) in [7, 11) is 0. The van der Waals surface area contributed by atoms with Gasteiger partial charge in [-0.05, 0) is 42.3 Å². The molecule has 9 heteroatoms. The van der Waals surface area contributed by atoms with Crippen LogP contribution in [0, 0.1) is 0 Å². The fourth-order valence-corrected chi connectivity index (χ4v) is 4.32. The van der Waals surface area contributed by atoms with Crippen molar-refractivity contribution < 1.29 is 8.78 Å². The predicted molar refractivity (Wildman–Crippen MR) is 113 cm³/mol. The number of benzene rings is 1. The number of hydrogen-bond donors (Lipinski definition) is 3. The fraction of sp³-hybridized carbons (Fsp3) is 0.350. The van der Waals surface area contributed by atoms with Crippen LogP contribution in [-0.4, -0.2) is 41.0 Å². The Labute approximate surface area is 177 Å². The Kier molecular flexibility index (Phi) is 5.92. The van der Waals surface area contributed by atoms with Crippen LogP contribution in [0.15, 0.2) is 30.3 Å². The predicted octanol–water partition coefficient (Wildman–Crippen LogP) is 4.78. The van der Waals surface area contributed by atoms with Crippen molar-refractivity contribution in [1.82, 2.24) is 14.9 Å². The van der Waals surface area contributed by atoms with Gasteiger partial charge in [-0.2, -0.15) is 0 Å². The van der Waals surface area contributed by atoms with Crippen LogP contribution >= 0.6 is 23.2 Å². The molecule has 0 aliphatic carbocycles. The molecule has 1 aromatic carbocycles. The molecule has 29 heavy (non-hydrogen) atoms. The molecule has 4 rings (SSSR count). The molecular formula is C20H21Cl2F2N5. The average Bonchev–Trinajstić information content (AvgIpc) is 3.06. The molecule has 1 aliphatic heterocycles. The Bertz CT molecular complexity index is 1020. The van der Waals surface area contributed by atoms with Gasteiger partial charge in [0.1, 0.15) is 11.5 Å². The minimum absolute atomic E-state index is 0.0313. The van der Waals surface area contributed by atoms with Gasteiger partial charge in [-0.3, -0.25) is 4.90 Å². The van der Waals surface area contributed by atoms with Crippen molar-refractivity contribution in [1.29, 1.82) is 0 Å². The lowest BCUT2D eigenvalue weighted by Gasteiger charge is -2.35. The SMILES string of the molecule is NCC1c2[nH]c3ccc(Cl)cc3c2CCN1CCNc1ccc(Cl)c(C(F)F)n1. The van der Waals surface area contributed by atoms with Crippen LogP contribution in [0.2, 0.25) is 10.0 Å². The summed E-state index contributed by atoms with van der Waals surface area (Å²) in [6, 6.07) is 8.94. The van der Waals surface area contributed by atoms with E-state index in [-0.39, 0.29) is 11.1 Å². The number of hydrogen-bond acceptors (Lipinski definition) is 4. The minimum Gasteiger partial charge on any atom is -0.369 e. The molecule has 0 saturated heterocycles. The third-order valence-electron chi connectivity index (χ3n) is 5.33. The van der Waals surface area contributed by atoms with Gasteiger partial charge in [-0.1, -0.05) is 23.2 Å². The van der Waals surface area contributed by atoms with Crippen LogP contribution in [0.5, 0.6) is 0 Å². The van der Waals surface area contributed by atoms with E-state index in [0.717, 1.165) is 29.6 Å². The van der Waals surface area contributed by atoms with Gasteiger partial charge in [0.25, 0.3) is 6.43 Å². The van der Waals surface area contributed by atoms with Gasteiger partial charge in [0, 0.05) is 47.8 Å². The first-order chi connectivity index (χ1) is 14.0. The molecule has 0 fully saturated rings. The van der Waals surface area contributed by atoms with Gasteiger partial charge in [0.2, 0.25) is 0 Å². The quantitative estimate of drug-likeness (QED) is 0.516. The van der Waals surface area contributed by atoms with E-state index in [9.17, 15) is 8.78 Å². The smallest absolute Gasteiger partial charge is 0.281 e. The Morgan fingerprint density at radius 2 is 2.10 bits per heavy atom.